The molecule has 1 fully saturated rings. The minimum Gasteiger partial charge on any atom is -0.392 e. The van der Waals surface area contributed by atoms with Crippen molar-refractivity contribution in [1.29, 1.82) is 0 Å². The first-order valence-electron chi connectivity index (χ1n) is 6.84. The van der Waals surface area contributed by atoms with Crippen LogP contribution in [0.4, 0.5) is 0 Å². The Hall–Kier alpha value is -0.210. The number of thioether (sulfide) groups is 2. The topological polar surface area (TPSA) is 66.4 Å². The number of benzene rings is 1. The summed E-state index contributed by atoms with van der Waals surface area (Å²) >= 11 is 3.70. The molecule has 7 heteroatoms. The predicted octanol–water partition coefficient (Wildman–Crippen LogP) is 1.92. The Morgan fingerprint density at radius 3 is 2.67 bits per heavy atom. The Labute approximate surface area is 135 Å². The van der Waals surface area contributed by atoms with Crippen LogP contribution in [-0.2, 0) is 16.6 Å². The quantitative estimate of drug-likeness (QED) is 0.852. The molecule has 1 aliphatic rings. The van der Waals surface area contributed by atoms with Crippen LogP contribution in [0, 0.1) is 13.8 Å². The molecule has 118 valence electrons. The van der Waals surface area contributed by atoms with Crippen molar-refractivity contribution in [3.63, 3.8) is 0 Å². The van der Waals surface area contributed by atoms with Gasteiger partial charge in [0.25, 0.3) is 0 Å². The van der Waals surface area contributed by atoms with Gasteiger partial charge in [-0.05, 0) is 36.6 Å². The van der Waals surface area contributed by atoms with Gasteiger partial charge in [0, 0.05) is 29.1 Å². The fourth-order valence-electron chi connectivity index (χ4n) is 2.27. The minimum atomic E-state index is -3.52. The highest BCUT2D eigenvalue weighted by atomic mass is 32.2. The second-order valence-electron chi connectivity index (χ2n) is 5.12. The molecule has 1 aromatic rings. The number of aryl methyl sites for hydroxylation is 2. The third kappa shape index (κ3) is 4.39. The van der Waals surface area contributed by atoms with Crippen molar-refractivity contribution in [3.8, 4) is 0 Å². The van der Waals surface area contributed by atoms with Gasteiger partial charge in [0.2, 0.25) is 10.0 Å². The average Bonchev–Trinajstić information content (AvgIpc) is 2.46. The SMILES string of the molecule is Cc1cc(C)c(S(=O)(=O)NCC2CSCCS2)cc1CO. The van der Waals surface area contributed by atoms with Gasteiger partial charge in [-0.15, -0.1) is 0 Å². The van der Waals surface area contributed by atoms with Crippen LogP contribution in [0.1, 0.15) is 16.7 Å². The number of rotatable bonds is 5. The maximum absolute atomic E-state index is 12.5. The van der Waals surface area contributed by atoms with Crippen LogP contribution < -0.4 is 4.72 Å². The lowest BCUT2D eigenvalue weighted by atomic mass is 10.1. The van der Waals surface area contributed by atoms with E-state index in [4.69, 9.17) is 0 Å². The van der Waals surface area contributed by atoms with Crippen molar-refractivity contribution in [1.82, 2.24) is 4.72 Å². The summed E-state index contributed by atoms with van der Waals surface area (Å²) < 4.78 is 27.6. The second kappa shape index (κ2) is 7.37. The van der Waals surface area contributed by atoms with Gasteiger partial charge in [-0.2, -0.15) is 23.5 Å². The summed E-state index contributed by atoms with van der Waals surface area (Å²) in [6.07, 6.45) is 0. The average molecular weight is 348 g/mol. The zero-order valence-electron chi connectivity index (χ0n) is 12.3. The maximum atomic E-state index is 12.5. The zero-order chi connectivity index (χ0) is 15.5. The van der Waals surface area contributed by atoms with E-state index >= 15 is 0 Å². The predicted molar refractivity (Wildman–Crippen MR) is 90.6 cm³/mol. The first-order valence-corrected chi connectivity index (χ1v) is 10.5. The largest absolute Gasteiger partial charge is 0.392 e. The molecule has 0 amide bonds. The molecule has 2 rings (SSSR count). The lowest BCUT2D eigenvalue weighted by Crippen LogP contribution is -2.33. The van der Waals surface area contributed by atoms with Gasteiger partial charge in [0.05, 0.1) is 11.5 Å². The maximum Gasteiger partial charge on any atom is 0.240 e. The lowest BCUT2D eigenvalue weighted by molar-refractivity contribution is 0.280. The van der Waals surface area contributed by atoms with Crippen molar-refractivity contribution in [2.75, 3.05) is 23.8 Å². The van der Waals surface area contributed by atoms with E-state index in [1.54, 1.807) is 13.0 Å². The summed E-state index contributed by atoms with van der Waals surface area (Å²) in [6, 6.07) is 3.39. The Morgan fingerprint density at radius 2 is 2.05 bits per heavy atom. The second-order valence-corrected chi connectivity index (χ2v) is 9.42. The van der Waals surface area contributed by atoms with Crippen LogP contribution in [0.2, 0.25) is 0 Å². The summed E-state index contributed by atoms with van der Waals surface area (Å²) in [5, 5.41) is 9.65. The van der Waals surface area contributed by atoms with Crippen molar-refractivity contribution in [2.45, 2.75) is 30.6 Å². The Balaban J connectivity index is 2.15. The number of sulfonamides is 1. The van der Waals surface area contributed by atoms with E-state index < -0.39 is 10.0 Å². The summed E-state index contributed by atoms with van der Waals surface area (Å²) in [5.41, 5.74) is 2.28. The van der Waals surface area contributed by atoms with Crippen molar-refractivity contribution in [3.05, 3.63) is 28.8 Å². The lowest BCUT2D eigenvalue weighted by Gasteiger charge is -2.21. The first-order chi connectivity index (χ1) is 9.94. The van der Waals surface area contributed by atoms with E-state index in [1.807, 2.05) is 36.5 Å². The normalized spacial score (nSPS) is 19.7. The summed E-state index contributed by atoms with van der Waals surface area (Å²) in [6.45, 7) is 3.97. The molecule has 2 N–H and O–H groups in total. The van der Waals surface area contributed by atoms with E-state index in [0.29, 0.717) is 22.9 Å². The van der Waals surface area contributed by atoms with Gasteiger partial charge in [0.15, 0.2) is 0 Å². The van der Waals surface area contributed by atoms with E-state index in [0.717, 1.165) is 22.8 Å². The molecule has 0 spiro atoms. The van der Waals surface area contributed by atoms with Crippen LogP contribution in [-0.4, -0.2) is 42.6 Å². The molecule has 21 heavy (non-hydrogen) atoms. The molecule has 1 saturated heterocycles. The summed E-state index contributed by atoms with van der Waals surface area (Å²) in [5.74, 6) is 3.21. The van der Waals surface area contributed by atoms with Gasteiger partial charge in [-0.1, -0.05) is 6.07 Å². The molecule has 1 atom stereocenters. The van der Waals surface area contributed by atoms with E-state index in [2.05, 4.69) is 4.72 Å². The van der Waals surface area contributed by atoms with Gasteiger partial charge < -0.3 is 5.11 Å². The molecule has 4 nitrogen and oxygen atoms in total. The monoisotopic (exact) mass is 347 g/mol. The van der Waals surface area contributed by atoms with Crippen LogP contribution >= 0.6 is 23.5 Å². The fourth-order valence-corrected chi connectivity index (χ4v) is 6.34. The van der Waals surface area contributed by atoms with Crippen molar-refractivity contribution < 1.29 is 13.5 Å². The Morgan fingerprint density at radius 1 is 1.29 bits per heavy atom. The van der Waals surface area contributed by atoms with Crippen molar-refractivity contribution in [2.24, 2.45) is 0 Å². The number of aliphatic hydroxyl groups excluding tert-OH is 1. The molecular formula is C14H21NO3S3. The molecule has 1 heterocycles. The van der Waals surface area contributed by atoms with Crippen LogP contribution in [0.3, 0.4) is 0 Å². The molecule has 0 saturated carbocycles. The third-order valence-corrected chi connectivity index (χ3v) is 7.89. The van der Waals surface area contributed by atoms with Gasteiger partial charge in [-0.3, -0.25) is 0 Å². The van der Waals surface area contributed by atoms with E-state index in [-0.39, 0.29) is 11.5 Å². The Bertz CT molecular complexity index is 596. The van der Waals surface area contributed by atoms with Crippen LogP contribution in [0.15, 0.2) is 17.0 Å². The number of aliphatic hydroxyl groups is 1. The Kier molecular flexibility index (Phi) is 6.02. The number of hydrogen-bond donors (Lipinski definition) is 2. The van der Waals surface area contributed by atoms with Gasteiger partial charge in [0.1, 0.15) is 0 Å². The summed E-state index contributed by atoms with van der Waals surface area (Å²) in [4.78, 5) is 0.269. The molecule has 1 unspecified atom stereocenters. The zero-order valence-corrected chi connectivity index (χ0v) is 14.7. The van der Waals surface area contributed by atoms with Crippen LogP contribution in [0.5, 0.6) is 0 Å². The molecular weight excluding hydrogens is 326 g/mol. The van der Waals surface area contributed by atoms with Crippen LogP contribution in [0.25, 0.3) is 0 Å². The summed E-state index contributed by atoms with van der Waals surface area (Å²) in [7, 11) is -3.52. The fraction of sp³-hybridized carbons (Fsp3) is 0.571. The van der Waals surface area contributed by atoms with E-state index in [1.165, 1.54) is 0 Å². The highest BCUT2D eigenvalue weighted by Gasteiger charge is 2.21. The smallest absolute Gasteiger partial charge is 0.240 e. The van der Waals surface area contributed by atoms with E-state index in [9.17, 15) is 13.5 Å². The molecule has 1 aliphatic heterocycles. The molecule has 0 bridgehead atoms. The minimum absolute atomic E-state index is 0.149. The number of hydrogen-bond acceptors (Lipinski definition) is 5. The van der Waals surface area contributed by atoms with Crippen molar-refractivity contribution >= 4 is 33.5 Å². The standard InChI is InChI=1S/C14H21NO3S3/c1-10-5-11(2)14(6-12(10)8-16)21(17,18)15-7-13-9-19-3-4-20-13/h5-6,13,15-16H,3-4,7-9H2,1-2H3. The molecule has 1 aromatic carbocycles. The van der Waals surface area contributed by atoms with Gasteiger partial charge >= 0.3 is 0 Å². The molecule has 0 aliphatic carbocycles. The van der Waals surface area contributed by atoms with Gasteiger partial charge in [-0.25, -0.2) is 13.1 Å². The third-order valence-electron chi connectivity index (χ3n) is 3.48. The first kappa shape index (κ1) is 17.1. The molecule has 0 aromatic heterocycles. The highest BCUT2D eigenvalue weighted by molar-refractivity contribution is 8.06. The highest BCUT2D eigenvalue weighted by Crippen LogP contribution is 2.25. The molecule has 0 radical (unpaired) electrons. The number of nitrogens with one attached hydrogen (secondary N) is 1.